The Hall–Kier alpha value is -4.94. The minimum absolute atomic E-state index is 0.0570. The van der Waals surface area contributed by atoms with E-state index in [2.05, 4.69) is 20.6 Å². The van der Waals surface area contributed by atoms with Crippen molar-refractivity contribution in [1.29, 1.82) is 0 Å². The molecule has 0 saturated carbocycles. The highest BCUT2D eigenvalue weighted by Crippen LogP contribution is 2.31. The molecule has 3 aliphatic heterocycles. The number of alkyl halides is 3. The maximum atomic E-state index is 13.7. The van der Waals surface area contributed by atoms with Gasteiger partial charge in [0.1, 0.15) is 12.4 Å². The third-order valence-corrected chi connectivity index (χ3v) is 7.76. The van der Waals surface area contributed by atoms with Gasteiger partial charge < -0.3 is 15.1 Å². The van der Waals surface area contributed by atoms with Crippen molar-refractivity contribution in [2.24, 2.45) is 4.99 Å². The van der Waals surface area contributed by atoms with Gasteiger partial charge in [-0.25, -0.2) is 19.6 Å². The van der Waals surface area contributed by atoms with Crippen LogP contribution in [0.4, 0.5) is 34.3 Å². The number of nitrogens with zero attached hydrogens (tertiary/aromatic N) is 5. The highest BCUT2D eigenvalue weighted by atomic mass is 19.4. The molecule has 0 unspecified atom stereocenters. The number of hydrogen-bond acceptors (Lipinski definition) is 5. The first kappa shape index (κ1) is 28.2. The molecule has 1 atom stereocenters. The highest BCUT2D eigenvalue weighted by Gasteiger charge is 2.41. The Kier molecular flexibility index (Phi) is 7.46. The first-order chi connectivity index (χ1) is 20.7. The predicted octanol–water partition coefficient (Wildman–Crippen LogP) is 4.38. The number of urea groups is 2. The van der Waals surface area contributed by atoms with Crippen LogP contribution in [0, 0.1) is 0 Å². The van der Waals surface area contributed by atoms with E-state index >= 15 is 0 Å². The van der Waals surface area contributed by atoms with E-state index < -0.39 is 30.8 Å². The summed E-state index contributed by atoms with van der Waals surface area (Å²) in [5.74, 6) is -0.456. The van der Waals surface area contributed by atoms with E-state index in [0.717, 1.165) is 5.56 Å². The number of carbonyl (C=O) groups excluding carboxylic acids is 3. The van der Waals surface area contributed by atoms with Gasteiger partial charge in [-0.05, 0) is 25.0 Å². The van der Waals surface area contributed by atoms with E-state index in [1.165, 1.54) is 11.0 Å². The maximum absolute atomic E-state index is 13.7. The first-order valence-electron chi connectivity index (χ1n) is 13.9. The number of piperidine rings is 1. The summed E-state index contributed by atoms with van der Waals surface area (Å²) in [6.07, 6.45) is -3.70. The fourth-order valence-corrected chi connectivity index (χ4v) is 5.68. The zero-order valence-electron chi connectivity index (χ0n) is 22.9. The first-order valence-corrected chi connectivity index (χ1v) is 13.9. The van der Waals surface area contributed by atoms with Gasteiger partial charge in [-0.15, -0.1) is 0 Å². The summed E-state index contributed by atoms with van der Waals surface area (Å²) in [4.78, 5) is 52.3. The average Bonchev–Trinajstić information content (AvgIpc) is 3.11. The number of halogens is 3. The lowest BCUT2D eigenvalue weighted by atomic mass is 10.0. The second kappa shape index (κ2) is 11.4. The molecule has 1 aromatic heterocycles. The third kappa shape index (κ3) is 5.87. The molecule has 222 valence electrons. The Morgan fingerprint density at radius 1 is 0.977 bits per heavy atom. The summed E-state index contributed by atoms with van der Waals surface area (Å²) in [5.41, 5.74) is 2.19. The minimum atomic E-state index is -4.69. The van der Waals surface area contributed by atoms with Crippen molar-refractivity contribution in [1.82, 2.24) is 20.1 Å². The number of likely N-dealkylation sites (tertiary alicyclic amines) is 1. The minimum Gasteiger partial charge on any atom is -0.325 e. The molecule has 4 heterocycles. The monoisotopic (exact) mass is 591 g/mol. The molecule has 1 fully saturated rings. The molecule has 0 radical (unpaired) electrons. The standard InChI is InChI=1S/C30H28F3N7O3/c31-30(32,33)18-40-23-11-5-4-10-22(23)24(19-7-2-1-3-8-19)35-26(27(40)41)37-28(42)38-15-12-21(13-16-38)39-17-20-9-6-14-34-25(20)36-29(39)43/h1-11,14,21,26H,12-13,15-18H2,(H,37,42)(H,34,36,43)/t26-/m0/s1. The number of benzodiazepines with no additional fused rings is 1. The number of amides is 5. The molecule has 1 saturated heterocycles. The summed E-state index contributed by atoms with van der Waals surface area (Å²) >= 11 is 0. The SMILES string of the molecule is O=C(N[C@@H]1N=C(c2ccccc2)c2ccccc2N(CC(F)(F)F)C1=O)N1CCC(N2Cc3cccnc3NC2=O)CC1. The molecular formula is C30H28F3N7O3. The second-order valence-electron chi connectivity index (χ2n) is 10.5. The van der Waals surface area contributed by atoms with Crippen molar-refractivity contribution < 1.29 is 27.6 Å². The van der Waals surface area contributed by atoms with Gasteiger partial charge in [-0.1, -0.05) is 54.6 Å². The van der Waals surface area contributed by atoms with Crippen LogP contribution in [0.5, 0.6) is 0 Å². The van der Waals surface area contributed by atoms with Gasteiger partial charge in [0.15, 0.2) is 0 Å². The van der Waals surface area contributed by atoms with Crippen LogP contribution in [0.15, 0.2) is 77.9 Å². The number of fused-ring (bicyclic) bond motifs is 2. The summed E-state index contributed by atoms with van der Waals surface area (Å²) in [6.45, 7) is -0.574. The zero-order valence-corrected chi connectivity index (χ0v) is 22.9. The molecule has 0 bridgehead atoms. The maximum Gasteiger partial charge on any atom is 0.406 e. The summed E-state index contributed by atoms with van der Waals surface area (Å²) < 4.78 is 41.0. The number of rotatable bonds is 4. The number of hydrogen-bond donors (Lipinski definition) is 2. The van der Waals surface area contributed by atoms with Crippen molar-refractivity contribution >= 4 is 35.2 Å². The van der Waals surface area contributed by atoms with Gasteiger partial charge in [0.25, 0.3) is 5.91 Å². The normalized spacial score (nSPS) is 19.2. The lowest BCUT2D eigenvalue weighted by molar-refractivity contribution is -0.133. The molecule has 13 heteroatoms. The summed E-state index contributed by atoms with van der Waals surface area (Å²) in [6, 6.07) is 17.8. The molecule has 5 amide bonds. The highest BCUT2D eigenvalue weighted by molar-refractivity contribution is 6.20. The quantitative estimate of drug-likeness (QED) is 0.470. The Morgan fingerprint density at radius 2 is 1.70 bits per heavy atom. The molecule has 3 aliphatic rings. The van der Waals surface area contributed by atoms with Crippen LogP contribution in [0.25, 0.3) is 0 Å². The van der Waals surface area contributed by atoms with Gasteiger partial charge in [0.2, 0.25) is 6.17 Å². The van der Waals surface area contributed by atoms with Crippen LogP contribution in [-0.4, -0.2) is 76.5 Å². The number of pyridine rings is 1. The molecule has 2 aromatic carbocycles. The number of benzene rings is 2. The largest absolute Gasteiger partial charge is 0.406 e. The van der Waals surface area contributed by atoms with Crippen molar-refractivity contribution in [3.05, 3.63) is 89.6 Å². The molecular weight excluding hydrogens is 563 g/mol. The number of anilines is 2. The zero-order chi connectivity index (χ0) is 30.1. The van der Waals surface area contributed by atoms with Crippen LogP contribution in [0.3, 0.4) is 0 Å². The summed E-state index contributed by atoms with van der Waals surface area (Å²) in [5, 5.41) is 5.38. The second-order valence-corrected chi connectivity index (χ2v) is 10.5. The van der Waals surface area contributed by atoms with Crippen LogP contribution in [0.1, 0.15) is 29.5 Å². The summed E-state index contributed by atoms with van der Waals surface area (Å²) in [7, 11) is 0. The Bertz CT molecular complexity index is 1570. The molecule has 6 rings (SSSR count). The topological polar surface area (TPSA) is 110 Å². The molecule has 0 aliphatic carbocycles. The third-order valence-electron chi connectivity index (χ3n) is 7.76. The fourth-order valence-electron chi connectivity index (χ4n) is 5.68. The van der Waals surface area contributed by atoms with Crippen LogP contribution in [-0.2, 0) is 11.3 Å². The molecule has 43 heavy (non-hydrogen) atoms. The van der Waals surface area contributed by atoms with E-state index in [-0.39, 0.29) is 30.8 Å². The van der Waals surface area contributed by atoms with Gasteiger partial charge in [0.05, 0.1) is 17.9 Å². The predicted molar refractivity (Wildman–Crippen MR) is 153 cm³/mol. The van der Waals surface area contributed by atoms with Gasteiger partial charge in [-0.3, -0.25) is 15.0 Å². The average molecular weight is 592 g/mol. The molecule has 3 aromatic rings. The van der Waals surface area contributed by atoms with Crippen molar-refractivity contribution in [3.63, 3.8) is 0 Å². The van der Waals surface area contributed by atoms with Crippen LogP contribution < -0.4 is 15.5 Å². The van der Waals surface area contributed by atoms with E-state index in [4.69, 9.17) is 0 Å². The van der Waals surface area contributed by atoms with E-state index in [9.17, 15) is 27.6 Å². The number of nitrogens with one attached hydrogen (secondary N) is 2. The van der Waals surface area contributed by atoms with Crippen molar-refractivity contribution in [3.8, 4) is 0 Å². The number of aromatic nitrogens is 1. The van der Waals surface area contributed by atoms with Crippen LogP contribution in [0.2, 0.25) is 0 Å². The molecule has 2 N–H and O–H groups in total. The lowest BCUT2D eigenvalue weighted by Gasteiger charge is -2.40. The van der Waals surface area contributed by atoms with E-state index in [0.29, 0.717) is 46.9 Å². The van der Waals surface area contributed by atoms with Gasteiger partial charge >= 0.3 is 18.2 Å². The van der Waals surface area contributed by atoms with Gasteiger partial charge in [0, 0.05) is 42.0 Å². The number of para-hydroxylation sites is 1. The van der Waals surface area contributed by atoms with E-state index in [1.807, 2.05) is 6.07 Å². The smallest absolute Gasteiger partial charge is 0.325 e. The Morgan fingerprint density at radius 3 is 2.44 bits per heavy atom. The molecule has 0 spiro atoms. The van der Waals surface area contributed by atoms with Crippen molar-refractivity contribution in [2.75, 3.05) is 29.9 Å². The number of carbonyl (C=O) groups is 3. The van der Waals surface area contributed by atoms with Crippen molar-refractivity contribution in [2.45, 2.75) is 37.8 Å². The van der Waals surface area contributed by atoms with Gasteiger partial charge in [-0.2, -0.15) is 13.2 Å². The molecule has 10 nitrogen and oxygen atoms in total. The van der Waals surface area contributed by atoms with Crippen LogP contribution >= 0.6 is 0 Å². The Balaban J connectivity index is 1.21. The lowest BCUT2D eigenvalue weighted by Crippen LogP contribution is -2.56. The Labute approximate surface area is 245 Å². The fraction of sp³-hybridized carbons (Fsp3) is 0.300. The number of aliphatic imine (C=N–C) groups is 1. The van der Waals surface area contributed by atoms with E-state index in [1.54, 1.807) is 65.7 Å².